The van der Waals surface area contributed by atoms with Gasteiger partial charge in [-0.3, -0.25) is 14.4 Å². The first-order valence-electron chi connectivity index (χ1n) is 4.28. The highest BCUT2D eigenvalue weighted by Gasteiger charge is 2.27. The van der Waals surface area contributed by atoms with Gasteiger partial charge in [0.15, 0.2) is 0 Å². The van der Waals surface area contributed by atoms with Gasteiger partial charge < -0.3 is 20.6 Å². The van der Waals surface area contributed by atoms with Crippen molar-refractivity contribution >= 4 is 29.6 Å². The molecule has 1 atom stereocenters. The van der Waals surface area contributed by atoms with E-state index < -0.39 is 48.5 Å². The van der Waals surface area contributed by atoms with Gasteiger partial charge in [0.2, 0.25) is 0 Å². The molecule has 4 N–H and O–H groups in total. The summed E-state index contributed by atoms with van der Waals surface area (Å²) in [5.41, 5.74) is 0. The van der Waals surface area contributed by atoms with Gasteiger partial charge in [0.25, 0.3) is 5.91 Å². The number of amides is 1. The summed E-state index contributed by atoms with van der Waals surface area (Å²) in [4.78, 5) is 52.4. The number of ketones is 1. The summed E-state index contributed by atoms with van der Waals surface area (Å²) in [5.74, 6) is -8.28. The number of Topliss-reactive ketones (excluding diaryl/α,β-unsaturated/α-hetero) is 1. The fourth-order valence-corrected chi connectivity index (χ4v) is 0.846. The van der Waals surface area contributed by atoms with E-state index in [-0.39, 0.29) is 0 Å². The van der Waals surface area contributed by atoms with E-state index in [1.165, 1.54) is 0 Å². The zero-order valence-electron chi connectivity index (χ0n) is 8.37. The van der Waals surface area contributed by atoms with E-state index in [2.05, 4.69) is 0 Å². The average molecular weight is 247 g/mol. The average Bonchev–Trinajstić information content (AvgIpc) is 2.21. The number of rotatable bonds is 7. The van der Waals surface area contributed by atoms with E-state index in [0.717, 1.165) is 0 Å². The topological polar surface area (TPSA) is 158 Å². The molecule has 0 saturated heterocycles. The van der Waals surface area contributed by atoms with Crippen LogP contribution in [0.5, 0.6) is 0 Å². The Labute approximate surface area is 94.0 Å². The lowest BCUT2D eigenvalue weighted by atomic mass is 10.1. The van der Waals surface area contributed by atoms with Crippen LogP contribution >= 0.6 is 0 Å². The van der Waals surface area contributed by atoms with E-state index >= 15 is 0 Å². The molecule has 94 valence electrons. The molecule has 0 aromatic heterocycles. The molecule has 17 heavy (non-hydrogen) atoms. The highest BCUT2D eigenvalue weighted by Crippen LogP contribution is 1.98. The number of nitrogens with one attached hydrogen (secondary N) is 1. The Balaban J connectivity index is 4.50. The van der Waals surface area contributed by atoms with Crippen molar-refractivity contribution in [1.82, 2.24) is 5.32 Å². The van der Waals surface area contributed by atoms with Crippen LogP contribution in [-0.2, 0) is 24.0 Å². The van der Waals surface area contributed by atoms with E-state index in [0.29, 0.717) is 0 Å². The van der Waals surface area contributed by atoms with Crippen molar-refractivity contribution in [3.63, 3.8) is 0 Å². The predicted octanol–water partition coefficient (Wildman–Crippen LogP) is -1.93. The molecule has 0 aliphatic carbocycles. The number of hydrogen-bond donors (Lipinski definition) is 4. The monoisotopic (exact) mass is 247 g/mol. The Morgan fingerprint density at radius 2 is 1.53 bits per heavy atom. The van der Waals surface area contributed by atoms with Crippen LogP contribution in [0.25, 0.3) is 0 Å². The van der Waals surface area contributed by atoms with Crippen LogP contribution in [0.4, 0.5) is 0 Å². The summed E-state index contributed by atoms with van der Waals surface area (Å²) in [6.45, 7) is 0. The number of hydrogen-bond acceptors (Lipinski definition) is 5. The molecule has 0 rings (SSSR count). The molecule has 0 bridgehead atoms. The van der Waals surface area contributed by atoms with Crippen molar-refractivity contribution in [2.24, 2.45) is 0 Å². The van der Waals surface area contributed by atoms with Gasteiger partial charge in [0, 0.05) is 6.42 Å². The van der Waals surface area contributed by atoms with Crippen molar-refractivity contribution in [1.29, 1.82) is 0 Å². The first kappa shape index (κ1) is 14.6. The van der Waals surface area contributed by atoms with Crippen molar-refractivity contribution in [2.45, 2.75) is 18.9 Å². The molecule has 9 heteroatoms. The Hall–Kier alpha value is -2.45. The summed E-state index contributed by atoms with van der Waals surface area (Å²) in [6, 6.07) is -1.62. The first-order valence-corrected chi connectivity index (χ1v) is 4.28. The van der Waals surface area contributed by atoms with Gasteiger partial charge in [0.05, 0.1) is 0 Å². The molecule has 9 nitrogen and oxygen atoms in total. The highest BCUT2D eigenvalue weighted by atomic mass is 16.4. The van der Waals surface area contributed by atoms with Gasteiger partial charge in [-0.1, -0.05) is 0 Å². The summed E-state index contributed by atoms with van der Waals surface area (Å²) >= 11 is 0. The van der Waals surface area contributed by atoms with Gasteiger partial charge in [-0.05, 0) is 6.42 Å². The van der Waals surface area contributed by atoms with Gasteiger partial charge in [-0.2, -0.15) is 0 Å². The maximum Gasteiger partial charge on any atom is 0.382 e. The van der Waals surface area contributed by atoms with Crippen molar-refractivity contribution in [2.75, 3.05) is 0 Å². The molecule has 0 spiro atoms. The Bertz CT molecular complexity index is 374. The van der Waals surface area contributed by atoms with E-state index in [9.17, 15) is 24.0 Å². The zero-order chi connectivity index (χ0) is 13.6. The highest BCUT2D eigenvalue weighted by molar-refractivity contribution is 6.61. The maximum atomic E-state index is 10.9. The molecule has 0 aliphatic rings. The number of carbonyl (C=O) groups is 5. The smallest absolute Gasteiger partial charge is 0.382 e. The maximum absolute atomic E-state index is 10.9. The molecule has 1 amide bonds. The fourth-order valence-electron chi connectivity index (χ4n) is 0.846. The molecule has 1 unspecified atom stereocenters. The lowest BCUT2D eigenvalue weighted by Crippen LogP contribution is -2.46. The molecule has 0 radical (unpaired) electrons. The second-order valence-electron chi connectivity index (χ2n) is 2.93. The minimum absolute atomic E-state index is 0.455. The molecule has 0 fully saturated rings. The summed E-state index contributed by atoms with van der Waals surface area (Å²) < 4.78 is 0. The number of carboxylic acid groups (broad SMARTS) is 3. The third-order valence-electron chi connectivity index (χ3n) is 1.65. The minimum Gasteiger partial charge on any atom is -0.481 e. The molecule has 0 heterocycles. The minimum atomic E-state index is -2.02. The Morgan fingerprint density at radius 3 is 1.88 bits per heavy atom. The standard InChI is InChI=1S/C8H9NO8/c10-4(11)2-1-3(7(14)15)9-6(13)5(12)8(16)17/h3H,1-2H2,(H,9,13)(H,10,11)(H,14,15)(H,16,17). The summed E-state index contributed by atoms with van der Waals surface area (Å²) in [7, 11) is 0. The van der Waals surface area contributed by atoms with E-state index in [4.69, 9.17) is 15.3 Å². The molecule has 0 aromatic rings. The van der Waals surface area contributed by atoms with Crippen molar-refractivity contribution in [3.05, 3.63) is 0 Å². The number of aliphatic carboxylic acids is 3. The lowest BCUT2D eigenvalue weighted by molar-refractivity contribution is -0.154. The lowest BCUT2D eigenvalue weighted by Gasteiger charge is -2.11. The molecule has 0 aliphatic heterocycles. The van der Waals surface area contributed by atoms with Crippen molar-refractivity contribution < 1.29 is 39.3 Å². The van der Waals surface area contributed by atoms with Gasteiger partial charge in [0.1, 0.15) is 6.04 Å². The zero-order valence-corrected chi connectivity index (χ0v) is 8.37. The van der Waals surface area contributed by atoms with Crippen LogP contribution < -0.4 is 5.32 Å². The van der Waals surface area contributed by atoms with Crippen LogP contribution in [0.1, 0.15) is 12.8 Å². The fraction of sp³-hybridized carbons (Fsp3) is 0.375. The summed E-state index contributed by atoms with van der Waals surface area (Å²) in [5, 5.41) is 26.7. The number of carboxylic acids is 3. The van der Waals surface area contributed by atoms with Crippen LogP contribution in [0.3, 0.4) is 0 Å². The van der Waals surface area contributed by atoms with Gasteiger partial charge >= 0.3 is 23.7 Å². The first-order chi connectivity index (χ1) is 7.75. The third kappa shape index (κ3) is 5.25. The number of carbonyl (C=O) groups excluding carboxylic acids is 2. The third-order valence-corrected chi connectivity index (χ3v) is 1.65. The van der Waals surface area contributed by atoms with E-state index in [1.807, 2.05) is 0 Å². The predicted molar refractivity (Wildman–Crippen MR) is 49.1 cm³/mol. The molecule has 0 aromatic carbocycles. The normalized spacial score (nSPS) is 11.3. The second kappa shape index (κ2) is 6.20. The Kier molecular flexibility index (Phi) is 5.31. The molecule has 0 saturated carbocycles. The SMILES string of the molecule is O=C(O)CCC(NC(=O)C(=O)C(=O)O)C(=O)O. The molecular formula is C8H9NO8. The van der Waals surface area contributed by atoms with Gasteiger partial charge in [-0.25, -0.2) is 9.59 Å². The van der Waals surface area contributed by atoms with E-state index in [1.54, 1.807) is 5.32 Å². The van der Waals surface area contributed by atoms with Crippen LogP contribution in [-0.4, -0.2) is 51.0 Å². The summed E-state index contributed by atoms with van der Waals surface area (Å²) in [6.07, 6.45) is -0.998. The quantitative estimate of drug-likeness (QED) is 0.299. The Morgan fingerprint density at radius 1 is 1.00 bits per heavy atom. The van der Waals surface area contributed by atoms with Crippen LogP contribution in [0.15, 0.2) is 0 Å². The van der Waals surface area contributed by atoms with Crippen LogP contribution in [0.2, 0.25) is 0 Å². The second-order valence-corrected chi connectivity index (χ2v) is 2.93. The van der Waals surface area contributed by atoms with Gasteiger partial charge in [-0.15, -0.1) is 0 Å². The van der Waals surface area contributed by atoms with Crippen LogP contribution in [0, 0.1) is 0 Å². The largest absolute Gasteiger partial charge is 0.481 e. The van der Waals surface area contributed by atoms with Crippen molar-refractivity contribution in [3.8, 4) is 0 Å². The molecular weight excluding hydrogens is 238 g/mol.